The highest BCUT2D eigenvalue weighted by Crippen LogP contribution is 2.46. The highest BCUT2D eigenvalue weighted by atomic mass is 32.1. The average Bonchev–Trinajstić information content (AvgIpc) is 3.57. The summed E-state index contributed by atoms with van der Waals surface area (Å²) in [6, 6.07) is 11.1. The lowest BCUT2D eigenvalue weighted by Gasteiger charge is -2.36. The molecule has 35 heavy (non-hydrogen) atoms. The monoisotopic (exact) mass is 491 g/mol. The number of allylic oxidation sites excluding steroid dienone is 3. The minimum absolute atomic E-state index is 0.0397. The van der Waals surface area contributed by atoms with Gasteiger partial charge in [-0.1, -0.05) is 18.2 Å². The third kappa shape index (κ3) is 4.57. The van der Waals surface area contributed by atoms with E-state index in [1.54, 1.807) is 23.5 Å². The molecule has 1 aromatic carbocycles. The molecule has 1 saturated carbocycles. The molecular formula is C28H29NO5S. The van der Waals surface area contributed by atoms with E-state index in [9.17, 15) is 14.4 Å². The van der Waals surface area contributed by atoms with Crippen LogP contribution in [0.4, 0.5) is 0 Å². The average molecular weight is 492 g/mol. The Balaban J connectivity index is 1.54. The zero-order valence-electron chi connectivity index (χ0n) is 20.0. The maximum atomic E-state index is 13.6. The van der Waals surface area contributed by atoms with Gasteiger partial charge in [-0.15, -0.1) is 11.3 Å². The Kier molecular flexibility index (Phi) is 6.60. The van der Waals surface area contributed by atoms with Crippen LogP contribution < -0.4 is 5.32 Å². The van der Waals surface area contributed by atoms with Crippen molar-refractivity contribution >= 4 is 29.1 Å². The van der Waals surface area contributed by atoms with E-state index in [1.807, 2.05) is 30.5 Å². The fourth-order valence-electron chi connectivity index (χ4n) is 5.52. The van der Waals surface area contributed by atoms with Gasteiger partial charge in [-0.2, -0.15) is 0 Å². The Bertz CT molecular complexity index is 1200. The molecule has 2 heterocycles. The normalized spacial score (nSPS) is 22.6. The minimum atomic E-state index is -0.538. The molecule has 0 spiro atoms. The lowest BCUT2D eigenvalue weighted by atomic mass is 9.72. The van der Waals surface area contributed by atoms with E-state index >= 15 is 0 Å². The number of methoxy groups -OCH3 is 1. The Labute approximate surface area is 209 Å². The van der Waals surface area contributed by atoms with Gasteiger partial charge in [0.15, 0.2) is 5.78 Å². The number of hydrogen-bond donors (Lipinski definition) is 1. The number of nitrogens with one attached hydrogen (secondary N) is 1. The summed E-state index contributed by atoms with van der Waals surface area (Å²) < 4.78 is 10.7. The van der Waals surface area contributed by atoms with Crippen molar-refractivity contribution in [3.05, 3.63) is 80.3 Å². The van der Waals surface area contributed by atoms with Gasteiger partial charge in [0.25, 0.3) is 0 Å². The van der Waals surface area contributed by atoms with E-state index in [2.05, 4.69) is 11.4 Å². The van der Waals surface area contributed by atoms with Gasteiger partial charge in [-0.3, -0.25) is 4.79 Å². The molecule has 0 unspecified atom stereocenters. The SMILES string of the molecule is COC(=O)c1ccc([C@H]2C(C(=O)OC3CCCC3)=C(C)NC3=C2C(=O)C[C@H](c2cccs2)C3)cc1. The molecule has 6 nitrogen and oxygen atoms in total. The molecule has 0 radical (unpaired) electrons. The zero-order valence-corrected chi connectivity index (χ0v) is 20.8. The Morgan fingerprint density at radius 2 is 1.77 bits per heavy atom. The van der Waals surface area contributed by atoms with Gasteiger partial charge >= 0.3 is 11.9 Å². The first-order chi connectivity index (χ1) is 17.0. The lowest BCUT2D eigenvalue weighted by Crippen LogP contribution is -2.36. The molecule has 2 aliphatic carbocycles. The quantitative estimate of drug-likeness (QED) is 0.566. The third-order valence-electron chi connectivity index (χ3n) is 7.23. The third-order valence-corrected chi connectivity index (χ3v) is 8.27. The molecule has 1 aliphatic heterocycles. The van der Waals surface area contributed by atoms with Gasteiger partial charge in [-0.05, 0) is 68.2 Å². The van der Waals surface area contributed by atoms with Crippen molar-refractivity contribution < 1.29 is 23.9 Å². The highest BCUT2D eigenvalue weighted by Gasteiger charge is 2.42. The summed E-state index contributed by atoms with van der Waals surface area (Å²) in [6.45, 7) is 1.88. The summed E-state index contributed by atoms with van der Waals surface area (Å²) in [5, 5.41) is 5.44. The van der Waals surface area contributed by atoms with Crippen LogP contribution >= 0.6 is 11.3 Å². The van der Waals surface area contributed by atoms with Gasteiger partial charge in [0, 0.05) is 40.1 Å². The molecule has 1 fully saturated rings. The maximum Gasteiger partial charge on any atom is 0.337 e. The van der Waals surface area contributed by atoms with Crippen LogP contribution in [-0.2, 0) is 19.1 Å². The first-order valence-corrected chi connectivity index (χ1v) is 13.0. The standard InChI is InChI=1S/C28H29NO5S/c1-16-24(28(32)34-20-6-3-4-7-20)25(17-9-11-18(12-10-17)27(31)33-2)26-21(29-16)14-19(15-22(26)30)23-8-5-13-35-23/h5,8-13,19-20,25,29H,3-4,6-7,14-15H2,1-2H3/t19-,25+/m1/s1. The lowest BCUT2D eigenvalue weighted by molar-refractivity contribution is -0.144. The number of hydrogen-bond acceptors (Lipinski definition) is 7. The Hall–Kier alpha value is -3.19. The van der Waals surface area contributed by atoms with Crippen LogP contribution in [-0.4, -0.2) is 30.9 Å². The molecule has 2 aromatic rings. The maximum absolute atomic E-state index is 13.6. The summed E-state index contributed by atoms with van der Waals surface area (Å²) in [6.07, 6.45) is 4.90. The Morgan fingerprint density at radius 3 is 2.43 bits per heavy atom. The zero-order chi connectivity index (χ0) is 24.5. The van der Waals surface area contributed by atoms with Crippen molar-refractivity contribution in [2.45, 2.75) is 63.4 Å². The van der Waals surface area contributed by atoms with Gasteiger partial charge in [-0.25, -0.2) is 9.59 Å². The number of carbonyl (C=O) groups is 3. The summed E-state index contributed by atoms with van der Waals surface area (Å²) in [5.41, 5.74) is 3.90. The fourth-order valence-corrected chi connectivity index (χ4v) is 6.35. The summed E-state index contributed by atoms with van der Waals surface area (Å²) >= 11 is 1.67. The number of ketones is 1. The van der Waals surface area contributed by atoms with Crippen molar-refractivity contribution in [3.8, 4) is 0 Å². The molecule has 1 aromatic heterocycles. The first kappa shape index (κ1) is 23.5. The second-order valence-electron chi connectivity index (χ2n) is 9.46. The Morgan fingerprint density at radius 1 is 1.03 bits per heavy atom. The molecule has 2 atom stereocenters. The molecule has 0 saturated heterocycles. The van der Waals surface area contributed by atoms with E-state index < -0.39 is 11.9 Å². The molecular weight excluding hydrogens is 462 g/mol. The molecule has 5 rings (SSSR count). The molecule has 0 bridgehead atoms. The van der Waals surface area contributed by atoms with Gasteiger partial charge in [0.1, 0.15) is 6.10 Å². The van der Waals surface area contributed by atoms with Crippen LogP contribution in [0.5, 0.6) is 0 Å². The van der Waals surface area contributed by atoms with Crippen LogP contribution in [0.25, 0.3) is 0 Å². The summed E-state index contributed by atoms with van der Waals surface area (Å²) in [5.74, 6) is -1.18. The highest BCUT2D eigenvalue weighted by molar-refractivity contribution is 7.10. The second kappa shape index (κ2) is 9.82. The van der Waals surface area contributed by atoms with Crippen molar-refractivity contribution in [2.24, 2.45) is 0 Å². The van der Waals surface area contributed by atoms with Crippen LogP contribution in [0.15, 0.2) is 64.3 Å². The molecule has 0 amide bonds. The van der Waals surface area contributed by atoms with Gasteiger partial charge in [0.05, 0.1) is 18.2 Å². The topological polar surface area (TPSA) is 81.7 Å². The minimum Gasteiger partial charge on any atom is -0.465 e. The van der Waals surface area contributed by atoms with Crippen LogP contribution in [0, 0.1) is 0 Å². The largest absolute Gasteiger partial charge is 0.465 e. The predicted molar refractivity (Wildman–Crippen MR) is 133 cm³/mol. The number of carbonyl (C=O) groups excluding carboxylic acids is 3. The van der Waals surface area contributed by atoms with E-state index in [0.717, 1.165) is 36.9 Å². The number of Topliss-reactive ketones (excluding diaryl/α,β-unsaturated/α-hetero) is 1. The molecule has 1 N–H and O–H groups in total. The summed E-state index contributed by atoms with van der Waals surface area (Å²) in [7, 11) is 1.34. The number of rotatable bonds is 5. The molecule has 7 heteroatoms. The van der Waals surface area contributed by atoms with Crippen molar-refractivity contribution in [1.29, 1.82) is 0 Å². The number of benzene rings is 1. The van der Waals surface area contributed by atoms with E-state index in [0.29, 0.717) is 35.2 Å². The van der Waals surface area contributed by atoms with Crippen LogP contribution in [0.3, 0.4) is 0 Å². The molecule has 3 aliphatic rings. The molecule has 182 valence electrons. The second-order valence-corrected chi connectivity index (χ2v) is 10.4. The first-order valence-electron chi connectivity index (χ1n) is 12.1. The fraction of sp³-hybridized carbons (Fsp3) is 0.393. The summed E-state index contributed by atoms with van der Waals surface area (Å²) in [4.78, 5) is 40.3. The predicted octanol–water partition coefficient (Wildman–Crippen LogP) is 5.38. The van der Waals surface area contributed by atoms with Crippen LogP contribution in [0.1, 0.15) is 78.1 Å². The number of thiophene rings is 1. The van der Waals surface area contributed by atoms with Crippen molar-refractivity contribution in [3.63, 3.8) is 0 Å². The van der Waals surface area contributed by atoms with Gasteiger partial charge < -0.3 is 14.8 Å². The van der Waals surface area contributed by atoms with Crippen molar-refractivity contribution in [2.75, 3.05) is 7.11 Å². The van der Waals surface area contributed by atoms with Crippen LogP contribution in [0.2, 0.25) is 0 Å². The van der Waals surface area contributed by atoms with E-state index in [-0.39, 0.29) is 23.8 Å². The number of esters is 2. The smallest absolute Gasteiger partial charge is 0.337 e. The van der Waals surface area contributed by atoms with Crippen molar-refractivity contribution in [1.82, 2.24) is 5.32 Å². The van der Waals surface area contributed by atoms with Gasteiger partial charge in [0.2, 0.25) is 0 Å². The van der Waals surface area contributed by atoms with E-state index in [4.69, 9.17) is 9.47 Å². The van der Waals surface area contributed by atoms with E-state index in [1.165, 1.54) is 12.0 Å². The number of dihydropyridines is 1. The number of ether oxygens (including phenoxy) is 2.